The van der Waals surface area contributed by atoms with Crippen LogP contribution in [0.3, 0.4) is 0 Å². The van der Waals surface area contributed by atoms with Crippen molar-refractivity contribution in [2.45, 2.75) is 19.0 Å². The molecule has 0 saturated heterocycles. The molecule has 1 aliphatic heterocycles. The van der Waals surface area contributed by atoms with Gasteiger partial charge >= 0.3 is 0 Å². The summed E-state index contributed by atoms with van der Waals surface area (Å²) in [5.74, 6) is 0.744. The van der Waals surface area contributed by atoms with E-state index in [2.05, 4.69) is 5.32 Å². The van der Waals surface area contributed by atoms with Gasteiger partial charge < -0.3 is 19.7 Å². The van der Waals surface area contributed by atoms with Crippen LogP contribution >= 0.6 is 0 Å². The van der Waals surface area contributed by atoms with Crippen molar-refractivity contribution in [3.63, 3.8) is 0 Å². The molecule has 31 heavy (non-hydrogen) atoms. The highest BCUT2D eigenvalue weighted by Gasteiger charge is 2.36. The Bertz CT molecular complexity index is 1080. The number of amides is 2. The molecule has 6 nitrogen and oxygen atoms in total. The first-order chi connectivity index (χ1) is 15.1. The minimum absolute atomic E-state index is 0.130. The molecule has 1 aliphatic rings. The van der Waals surface area contributed by atoms with E-state index in [1.54, 1.807) is 37.3 Å². The number of ether oxygens (including phenoxy) is 2. The summed E-state index contributed by atoms with van der Waals surface area (Å²) in [4.78, 5) is 28.1. The third kappa shape index (κ3) is 4.38. The Balaban J connectivity index is 1.63. The van der Waals surface area contributed by atoms with Crippen molar-refractivity contribution in [3.05, 3.63) is 89.5 Å². The highest BCUT2D eigenvalue weighted by molar-refractivity contribution is 6.03. The molecule has 1 N–H and O–H groups in total. The molecule has 1 atom stereocenters. The molecule has 1 heterocycles. The lowest BCUT2D eigenvalue weighted by Crippen LogP contribution is -2.45. The minimum Gasteiger partial charge on any atom is -0.497 e. The fourth-order valence-corrected chi connectivity index (χ4v) is 3.82. The maximum atomic E-state index is 13.4. The molecule has 0 saturated carbocycles. The zero-order valence-corrected chi connectivity index (χ0v) is 17.5. The second-order valence-corrected chi connectivity index (χ2v) is 7.39. The van der Waals surface area contributed by atoms with E-state index in [1.807, 2.05) is 54.6 Å². The number of nitrogens with one attached hydrogen (secondary N) is 1. The molecule has 0 aromatic heterocycles. The van der Waals surface area contributed by atoms with Gasteiger partial charge in [-0.3, -0.25) is 9.59 Å². The SMILES string of the molecule is COc1cc(NC(=O)[C@H](Cc2ccccc2)N2Cc3ccccc3C2=O)cc(OC)c1. The van der Waals surface area contributed by atoms with Gasteiger partial charge in [-0.2, -0.15) is 0 Å². The number of fused-ring (bicyclic) bond motifs is 1. The molecule has 6 heteroatoms. The van der Waals surface area contributed by atoms with Crippen molar-refractivity contribution in [2.75, 3.05) is 19.5 Å². The van der Waals surface area contributed by atoms with E-state index < -0.39 is 6.04 Å². The Morgan fingerprint density at radius 3 is 2.26 bits per heavy atom. The van der Waals surface area contributed by atoms with Crippen LogP contribution in [0.15, 0.2) is 72.8 Å². The average Bonchev–Trinajstić information content (AvgIpc) is 3.14. The molecule has 4 rings (SSSR count). The summed E-state index contributed by atoms with van der Waals surface area (Å²) >= 11 is 0. The van der Waals surface area contributed by atoms with Crippen LogP contribution in [0.4, 0.5) is 5.69 Å². The number of hydrogen-bond acceptors (Lipinski definition) is 4. The lowest BCUT2D eigenvalue weighted by Gasteiger charge is -2.27. The maximum absolute atomic E-state index is 13.4. The van der Waals surface area contributed by atoms with Crippen LogP contribution in [-0.2, 0) is 17.8 Å². The van der Waals surface area contributed by atoms with Crippen molar-refractivity contribution in [3.8, 4) is 11.5 Å². The van der Waals surface area contributed by atoms with E-state index in [1.165, 1.54) is 0 Å². The van der Waals surface area contributed by atoms with E-state index in [9.17, 15) is 9.59 Å². The smallest absolute Gasteiger partial charge is 0.255 e. The second-order valence-electron chi connectivity index (χ2n) is 7.39. The van der Waals surface area contributed by atoms with Gasteiger partial charge in [0.1, 0.15) is 17.5 Å². The summed E-state index contributed by atoms with van der Waals surface area (Å²) in [5, 5.41) is 2.94. The normalized spacial score (nSPS) is 13.5. The van der Waals surface area contributed by atoms with Gasteiger partial charge in [-0.25, -0.2) is 0 Å². The average molecular weight is 416 g/mol. The Labute approximate surface area is 181 Å². The van der Waals surface area contributed by atoms with Gasteiger partial charge in [-0.1, -0.05) is 48.5 Å². The van der Waals surface area contributed by atoms with Gasteiger partial charge in [0.05, 0.1) is 14.2 Å². The molecular formula is C25H24N2O4. The Kier molecular flexibility index (Phi) is 5.89. The second kappa shape index (κ2) is 8.92. The summed E-state index contributed by atoms with van der Waals surface area (Å²) < 4.78 is 10.6. The highest BCUT2D eigenvalue weighted by Crippen LogP contribution is 2.29. The number of carbonyl (C=O) groups excluding carboxylic acids is 2. The molecule has 0 spiro atoms. The van der Waals surface area contributed by atoms with Crippen LogP contribution in [-0.4, -0.2) is 37.0 Å². The lowest BCUT2D eigenvalue weighted by molar-refractivity contribution is -0.120. The molecule has 158 valence electrons. The molecule has 0 aliphatic carbocycles. The Hall–Kier alpha value is -3.80. The zero-order chi connectivity index (χ0) is 21.8. The third-order valence-corrected chi connectivity index (χ3v) is 5.42. The number of methoxy groups -OCH3 is 2. The first kappa shape index (κ1) is 20.5. The van der Waals surface area contributed by atoms with Crippen LogP contribution < -0.4 is 14.8 Å². The topological polar surface area (TPSA) is 67.9 Å². The highest BCUT2D eigenvalue weighted by atomic mass is 16.5. The molecule has 3 aromatic carbocycles. The summed E-state index contributed by atoms with van der Waals surface area (Å²) in [7, 11) is 3.11. The number of anilines is 1. The zero-order valence-electron chi connectivity index (χ0n) is 17.5. The predicted octanol–water partition coefficient (Wildman–Crippen LogP) is 3.91. The quantitative estimate of drug-likeness (QED) is 0.634. The maximum Gasteiger partial charge on any atom is 0.255 e. The third-order valence-electron chi connectivity index (χ3n) is 5.42. The predicted molar refractivity (Wildman–Crippen MR) is 118 cm³/mol. The summed E-state index contributed by atoms with van der Waals surface area (Å²) in [5.41, 5.74) is 3.11. The van der Waals surface area contributed by atoms with Gasteiger partial charge in [-0.15, -0.1) is 0 Å². The minimum atomic E-state index is -0.667. The van der Waals surface area contributed by atoms with Crippen LogP contribution in [0, 0.1) is 0 Å². The number of carbonyl (C=O) groups is 2. The van der Waals surface area contributed by atoms with E-state index in [0.717, 1.165) is 11.1 Å². The fraction of sp³-hybridized carbons (Fsp3) is 0.200. The van der Waals surface area contributed by atoms with Crippen LogP contribution in [0.5, 0.6) is 11.5 Å². The number of hydrogen-bond donors (Lipinski definition) is 1. The van der Waals surface area contributed by atoms with Crippen LogP contribution in [0.2, 0.25) is 0 Å². The molecular weight excluding hydrogens is 392 g/mol. The Morgan fingerprint density at radius 1 is 0.968 bits per heavy atom. The van der Waals surface area contributed by atoms with E-state index in [4.69, 9.17) is 9.47 Å². The summed E-state index contributed by atoms with van der Waals surface area (Å²) in [6, 6.07) is 21.7. The van der Waals surface area contributed by atoms with Crippen LogP contribution in [0.1, 0.15) is 21.5 Å². The molecule has 0 radical (unpaired) electrons. The molecule has 3 aromatic rings. The van der Waals surface area contributed by atoms with Gasteiger partial charge in [0.15, 0.2) is 0 Å². The molecule has 0 fully saturated rings. The lowest BCUT2D eigenvalue weighted by atomic mass is 10.0. The standard InChI is InChI=1S/C25H24N2O4/c1-30-20-13-19(14-21(15-20)31-2)26-24(28)23(12-17-8-4-3-5-9-17)27-16-18-10-6-7-11-22(18)25(27)29/h3-11,13-15,23H,12,16H2,1-2H3,(H,26,28)/t23-/m0/s1. The Morgan fingerprint density at radius 2 is 1.61 bits per heavy atom. The largest absolute Gasteiger partial charge is 0.497 e. The van der Waals surface area contributed by atoms with Crippen LogP contribution in [0.25, 0.3) is 0 Å². The molecule has 0 bridgehead atoms. The van der Waals surface area contributed by atoms with Crippen molar-refractivity contribution >= 4 is 17.5 Å². The number of benzene rings is 3. The first-order valence-corrected chi connectivity index (χ1v) is 10.1. The number of rotatable bonds is 7. The molecule has 0 unspecified atom stereocenters. The van der Waals surface area contributed by atoms with Crippen molar-refractivity contribution in [1.82, 2.24) is 4.90 Å². The summed E-state index contributed by atoms with van der Waals surface area (Å²) in [6.07, 6.45) is 0.410. The van der Waals surface area contributed by atoms with Gasteiger partial charge in [0.25, 0.3) is 5.91 Å². The number of nitrogens with zero attached hydrogens (tertiary/aromatic N) is 1. The van der Waals surface area contributed by atoms with E-state index in [0.29, 0.717) is 35.7 Å². The monoisotopic (exact) mass is 416 g/mol. The van der Waals surface area contributed by atoms with E-state index in [-0.39, 0.29) is 11.8 Å². The fourth-order valence-electron chi connectivity index (χ4n) is 3.82. The first-order valence-electron chi connectivity index (χ1n) is 10.1. The van der Waals surface area contributed by atoms with Crippen molar-refractivity contribution in [1.29, 1.82) is 0 Å². The van der Waals surface area contributed by atoms with Gasteiger partial charge in [0, 0.05) is 42.4 Å². The van der Waals surface area contributed by atoms with Gasteiger partial charge in [-0.05, 0) is 17.2 Å². The summed E-state index contributed by atoms with van der Waals surface area (Å²) in [6.45, 7) is 0.404. The van der Waals surface area contributed by atoms with Crippen molar-refractivity contribution < 1.29 is 19.1 Å². The van der Waals surface area contributed by atoms with E-state index >= 15 is 0 Å². The van der Waals surface area contributed by atoms with Crippen molar-refractivity contribution in [2.24, 2.45) is 0 Å². The van der Waals surface area contributed by atoms with Gasteiger partial charge in [0.2, 0.25) is 5.91 Å². The molecule has 2 amide bonds.